The van der Waals surface area contributed by atoms with Gasteiger partial charge in [0.05, 0.1) is 0 Å². The van der Waals surface area contributed by atoms with Gasteiger partial charge in [0, 0.05) is 12.0 Å². The second-order valence-electron chi connectivity index (χ2n) is 8.77. The van der Waals surface area contributed by atoms with Gasteiger partial charge in [-0.25, -0.2) is 0 Å². The van der Waals surface area contributed by atoms with E-state index in [1.54, 1.807) is 11.3 Å². The fraction of sp³-hybridized carbons (Fsp3) is 0.550. The van der Waals surface area contributed by atoms with Crippen LogP contribution in [0.4, 0.5) is 0 Å². The molecule has 5 heteroatoms. The Morgan fingerprint density at radius 3 is 2.04 bits per heavy atom. The Balaban J connectivity index is 2.15. The van der Waals surface area contributed by atoms with Gasteiger partial charge >= 0.3 is 0 Å². The first-order chi connectivity index (χ1) is 11.6. The van der Waals surface area contributed by atoms with Gasteiger partial charge in [-0.1, -0.05) is 65.9 Å². The zero-order valence-corrected chi connectivity index (χ0v) is 17.2. The van der Waals surface area contributed by atoms with Crippen molar-refractivity contribution in [1.29, 1.82) is 0 Å². The Kier molecular flexibility index (Phi) is 4.48. The number of benzene rings is 1. The van der Waals surface area contributed by atoms with Gasteiger partial charge in [0.25, 0.3) is 0 Å². The Bertz CT molecular complexity index is 858. The first-order valence-corrected chi connectivity index (χ1v) is 9.79. The summed E-state index contributed by atoms with van der Waals surface area (Å²) in [5.41, 5.74) is 4.06. The van der Waals surface area contributed by atoms with E-state index in [9.17, 15) is 0 Å². The predicted molar refractivity (Wildman–Crippen MR) is 105 cm³/mol. The molecule has 0 aliphatic rings. The third kappa shape index (κ3) is 3.61. The summed E-state index contributed by atoms with van der Waals surface area (Å²) >= 11 is 1.61. The van der Waals surface area contributed by atoms with E-state index in [1.165, 1.54) is 16.7 Å². The van der Waals surface area contributed by atoms with Crippen LogP contribution in [-0.2, 0) is 17.3 Å². The second-order valence-corrected chi connectivity index (χ2v) is 9.72. The normalized spacial score (nSPS) is 12.9. The largest absolute Gasteiger partial charge is 0.234 e. The quantitative estimate of drug-likeness (QED) is 0.631. The number of aryl methyl sites for hydroxylation is 1. The van der Waals surface area contributed by atoms with Crippen LogP contribution in [0.5, 0.6) is 0 Å². The van der Waals surface area contributed by atoms with Gasteiger partial charge in [0.2, 0.25) is 4.96 Å². The first-order valence-electron chi connectivity index (χ1n) is 8.97. The summed E-state index contributed by atoms with van der Waals surface area (Å²) in [4.78, 5) is 0.872. The van der Waals surface area contributed by atoms with Gasteiger partial charge in [0.15, 0.2) is 5.82 Å². The molecule has 0 saturated heterocycles. The fourth-order valence-corrected chi connectivity index (χ4v) is 3.62. The van der Waals surface area contributed by atoms with E-state index in [4.69, 9.17) is 5.10 Å². The lowest BCUT2D eigenvalue weighted by molar-refractivity contribution is 0.569. The molecule has 0 aliphatic carbocycles. The summed E-state index contributed by atoms with van der Waals surface area (Å²) in [6, 6.07) is 6.90. The molecule has 0 saturated carbocycles. The molecule has 0 bridgehead atoms. The van der Waals surface area contributed by atoms with Crippen LogP contribution in [0.15, 0.2) is 18.2 Å². The average Bonchev–Trinajstić information content (AvgIpc) is 3.07. The van der Waals surface area contributed by atoms with Crippen molar-refractivity contribution >= 4 is 16.3 Å². The van der Waals surface area contributed by atoms with Crippen LogP contribution in [0.1, 0.15) is 71.8 Å². The summed E-state index contributed by atoms with van der Waals surface area (Å²) < 4.78 is 1.91. The van der Waals surface area contributed by atoms with E-state index < -0.39 is 0 Å². The van der Waals surface area contributed by atoms with E-state index in [1.807, 2.05) is 4.52 Å². The van der Waals surface area contributed by atoms with Crippen molar-refractivity contribution in [3.8, 4) is 10.6 Å². The van der Waals surface area contributed by atoms with Crippen LogP contribution >= 0.6 is 11.3 Å². The Morgan fingerprint density at radius 1 is 0.920 bits per heavy atom. The van der Waals surface area contributed by atoms with E-state index >= 15 is 0 Å². The minimum absolute atomic E-state index is 0.0995. The zero-order chi connectivity index (χ0) is 18.4. The van der Waals surface area contributed by atoms with Crippen molar-refractivity contribution in [2.75, 3.05) is 0 Å². The zero-order valence-electron chi connectivity index (χ0n) is 16.3. The van der Waals surface area contributed by atoms with Gasteiger partial charge in [0.1, 0.15) is 5.01 Å². The molecule has 2 heterocycles. The van der Waals surface area contributed by atoms with Crippen LogP contribution in [-0.4, -0.2) is 19.8 Å². The van der Waals surface area contributed by atoms with E-state index in [0.717, 1.165) is 28.6 Å². The molecular weight excluding hydrogens is 328 g/mol. The van der Waals surface area contributed by atoms with Gasteiger partial charge < -0.3 is 0 Å². The third-order valence-corrected chi connectivity index (χ3v) is 5.39. The van der Waals surface area contributed by atoms with E-state index in [0.29, 0.717) is 0 Å². The summed E-state index contributed by atoms with van der Waals surface area (Å²) in [6.45, 7) is 15.7. The standard InChI is InChI=1S/C20H28N4S/c1-8-9-16-21-22-18-24(16)23-17(25-18)13-10-14(19(2,3)4)12-15(11-13)20(5,6)7/h10-12H,8-9H2,1-7H3. The number of hydrogen-bond acceptors (Lipinski definition) is 4. The third-order valence-electron chi connectivity index (χ3n) is 4.44. The van der Waals surface area contributed by atoms with E-state index in [2.05, 4.69) is 76.9 Å². The van der Waals surface area contributed by atoms with Crippen molar-refractivity contribution in [2.24, 2.45) is 0 Å². The van der Waals surface area contributed by atoms with Gasteiger partial charge in [-0.05, 0) is 40.5 Å². The molecule has 1 aromatic carbocycles. The lowest BCUT2D eigenvalue weighted by Crippen LogP contribution is -2.16. The lowest BCUT2D eigenvalue weighted by Gasteiger charge is -2.25. The van der Waals surface area contributed by atoms with Gasteiger partial charge in [-0.15, -0.1) is 10.2 Å². The minimum atomic E-state index is 0.0995. The smallest absolute Gasteiger partial charge is 0.187 e. The van der Waals surface area contributed by atoms with Crippen molar-refractivity contribution in [3.05, 3.63) is 35.2 Å². The monoisotopic (exact) mass is 356 g/mol. The molecule has 0 fully saturated rings. The highest BCUT2D eigenvalue weighted by molar-refractivity contribution is 7.19. The number of hydrogen-bond donors (Lipinski definition) is 0. The van der Waals surface area contributed by atoms with Gasteiger partial charge in [-0.3, -0.25) is 0 Å². The molecule has 0 spiro atoms. The molecule has 134 valence electrons. The van der Waals surface area contributed by atoms with Crippen LogP contribution in [0.3, 0.4) is 0 Å². The molecule has 0 N–H and O–H groups in total. The van der Waals surface area contributed by atoms with Crippen LogP contribution in [0, 0.1) is 0 Å². The average molecular weight is 357 g/mol. The molecule has 0 amide bonds. The molecule has 0 aliphatic heterocycles. The number of aromatic nitrogens is 4. The molecular formula is C20H28N4S. The lowest BCUT2D eigenvalue weighted by atomic mass is 9.79. The Morgan fingerprint density at radius 2 is 1.52 bits per heavy atom. The predicted octanol–water partition coefficient (Wildman–Crippen LogP) is 5.40. The molecule has 2 aromatic heterocycles. The number of nitrogens with zero attached hydrogens (tertiary/aromatic N) is 4. The van der Waals surface area contributed by atoms with E-state index in [-0.39, 0.29) is 10.8 Å². The summed E-state index contributed by atoms with van der Waals surface area (Å²) in [5.74, 6) is 0.947. The molecule has 4 nitrogen and oxygen atoms in total. The van der Waals surface area contributed by atoms with Gasteiger partial charge in [-0.2, -0.15) is 9.61 Å². The molecule has 0 atom stereocenters. The molecule has 0 radical (unpaired) electrons. The van der Waals surface area contributed by atoms with Crippen molar-refractivity contribution in [1.82, 2.24) is 19.8 Å². The highest BCUT2D eigenvalue weighted by atomic mass is 32.1. The second kappa shape index (κ2) is 6.20. The molecule has 0 unspecified atom stereocenters. The topological polar surface area (TPSA) is 43.1 Å². The maximum absolute atomic E-state index is 4.82. The highest BCUT2D eigenvalue weighted by Crippen LogP contribution is 2.35. The molecule has 3 aromatic rings. The van der Waals surface area contributed by atoms with Crippen LogP contribution in [0.2, 0.25) is 0 Å². The van der Waals surface area contributed by atoms with Crippen molar-refractivity contribution in [3.63, 3.8) is 0 Å². The minimum Gasteiger partial charge on any atom is -0.187 e. The molecule has 25 heavy (non-hydrogen) atoms. The number of fused-ring (bicyclic) bond motifs is 1. The summed E-state index contributed by atoms with van der Waals surface area (Å²) in [5, 5.41) is 14.4. The maximum atomic E-state index is 4.82. The summed E-state index contributed by atoms with van der Waals surface area (Å²) in [7, 11) is 0. The van der Waals surface area contributed by atoms with Crippen molar-refractivity contribution in [2.45, 2.75) is 72.1 Å². The fourth-order valence-electron chi connectivity index (χ4n) is 2.77. The number of rotatable bonds is 3. The molecule has 3 rings (SSSR count). The van der Waals surface area contributed by atoms with Crippen LogP contribution in [0.25, 0.3) is 15.5 Å². The summed E-state index contributed by atoms with van der Waals surface area (Å²) in [6.07, 6.45) is 1.95. The first kappa shape index (κ1) is 18.1. The SMILES string of the molecule is CCCc1nnc2sc(-c3cc(C(C)(C)C)cc(C(C)(C)C)c3)nn12. The van der Waals surface area contributed by atoms with Crippen LogP contribution < -0.4 is 0 Å². The Hall–Kier alpha value is -1.75. The van der Waals surface area contributed by atoms with Crippen molar-refractivity contribution < 1.29 is 0 Å². The Labute approximate surface area is 154 Å². The highest BCUT2D eigenvalue weighted by Gasteiger charge is 2.22. The maximum Gasteiger partial charge on any atom is 0.234 e.